The maximum absolute atomic E-state index is 9.56. The number of hydrogen-bond acceptors (Lipinski definition) is 1. The van der Waals surface area contributed by atoms with Crippen LogP contribution < -0.4 is 0 Å². The third-order valence-corrected chi connectivity index (χ3v) is 2.66. The molecule has 1 nitrogen and oxygen atoms in total. The molecule has 0 spiro atoms. The molecule has 0 bridgehead atoms. The van der Waals surface area contributed by atoms with Gasteiger partial charge in [-0.1, -0.05) is 30.4 Å². The fourth-order valence-electron chi connectivity index (χ4n) is 1.79. The van der Waals surface area contributed by atoms with Crippen molar-refractivity contribution in [1.82, 2.24) is 0 Å². The Kier molecular flexibility index (Phi) is 3.28. The monoisotopic (exact) mass is 198 g/mol. The average Bonchev–Trinajstić information content (AvgIpc) is 2.27. The normalized spacial score (nSPS) is 20.5. The van der Waals surface area contributed by atoms with Crippen molar-refractivity contribution in [3.63, 3.8) is 0 Å². The zero-order chi connectivity index (χ0) is 10.5. The minimum Gasteiger partial charge on any atom is -0.380 e. The predicted molar refractivity (Wildman–Crippen MR) is 59.2 cm³/mol. The minimum absolute atomic E-state index is 0.472. The molecule has 0 fully saturated rings. The Morgan fingerprint density at radius 2 is 2.20 bits per heavy atom. The van der Waals surface area contributed by atoms with Gasteiger partial charge in [-0.2, -0.15) is 0 Å². The zero-order valence-electron chi connectivity index (χ0n) is 8.71. The second kappa shape index (κ2) is 4.87. The van der Waals surface area contributed by atoms with Crippen LogP contribution in [0.5, 0.6) is 0 Å². The number of fused-ring (bicyclic) bond motifs is 1. The van der Waals surface area contributed by atoms with E-state index < -0.39 is 6.10 Å². The first-order chi connectivity index (χ1) is 7.36. The Morgan fingerprint density at radius 3 is 3.13 bits per heavy atom. The number of aliphatic hydroxyl groups is 1. The van der Waals surface area contributed by atoms with E-state index in [9.17, 15) is 5.11 Å². The summed E-state index contributed by atoms with van der Waals surface area (Å²) < 4.78 is 0. The van der Waals surface area contributed by atoms with E-state index in [1.54, 1.807) is 0 Å². The summed E-state index contributed by atoms with van der Waals surface area (Å²) in [4.78, 5) is 0. The van der Waals surface area contributed by atoms with Crippen LogP contribution >= 0.6 is 0 Å². The highest BCUT2D eigenvalue weighted by molar-refractivity contribution is 5.39. The maximum atomic E-state index is 9.56. The van der Waals surface area contributed by atoms with Gasteiger partial charge in [0.25, 0.3) is 0 Å². The molecule has 1 aliphatic carbocycles. The van der Waals surface area contributed by atoms with Crippen LogP contribution in [-0.2, 0) is 6.42 Å². The molecular formula is C14H14O. The molecule has 1 aliphatic rings. The largest absolute Gasteiger partial charge is 0.380 e. The molecule has 1 heteroatoms. The SMILES string of the molecule is OC1C#Cc2ccc#cc2CCCCC1. The lowest BCUT2D eigenvalue weighted by atomic mass is 10.00. The maximum Gasteiger partial charge on any atom is 0.115 e. The van der Waals surface area contributed by atoms with E-state index in [2.05, 4.69) is 24.0 Å². The molecular weight excluding hydrogens is 184 g/mol. The van der Waals surface area contributed by atoms with Crippen LogP contribution in [0.15, 0.2) is 12.1 Å². The van der Waals surface area contributed by atoms with E-state index in [1.165, 1.54) is 0 Å². The summed E-state index contributed by atoms with van der Waals surface area (Å²) in [7, 11) is 0. The summed E-state index contributed by atoms with van der Waals surface area (Å²) in [6.45, 7) is 0. The molecule has 1 unspecified atom stereocenters. The van der Waals surface area contributed by atoms with Crippen molar-refractivity contribution >= 4 is 0 Å². The van der Waals surface area contributed by atoms with Crippen LogP contribution in [0.4, 0.5) is 0 Å². The molecule has 0 saturated carbocycles. The van der Waals surface area contributed by atoms with Gasteiger partial charge < -0.3 is 5.11 Å². The first-order valence-corrected chi connectivity index (χ1v) is 5.47. The molecule has 1 atom stereocenters. The molecule has 1 N–H and O–H groups in total. The van der Waals surface area contributed by atoms with Gasteiger partial charge in [0.2, 0.25) is 0 Å². The van der Waals surface area contributed by atoms with E-state index >= 15 is 0 Å². The quantitative estimate of drug-likeness (QED) is 0.633. The summed E-state index contributed by atoms with van der Waals surface area (Å²) in [6.07, 6.45) is 4.71. The van der Waals surface area contributed by atoms with Crippen LogP contribution in [0.3, 0.4) is 0 Å². The van der Waals surface area contributed by atoms with Gasteiger partial charge in [-0.3, -0.25) is 0 Å². The molecule has 0 saturated heterocycles. The summed E-state index contributed by atoms with van der Waals surface area (Å²) in [5, 5.41) is 9.56. The standard InChI is InChI=1S/C14H14O/c15-14-9-3-1-2-6-12-7-4-5-8-13(12)10-11-14/h5,8,14-15H,1-3,6,9H2. The van der Waals surface area contributed by atoms with Crippen molar-refractivity contribution in [3.8, 4) is 11.8 Å². The fraction of sp³-hybridized carbons (Fsp3) is 0.429. The van der Waals surface area contributed by atoms with E-state index in [0.29, 0.717) is 0 Å². The molecule has 0 heterocycles. The lowest BCUT2D eigenvalue weighted by Crippen LogP contribution is -2.04. The first kappa shape index (κ1) is 10.1. The van der Waals surface area contributed by atoms with Crippen molar-refractivity contribution in [2.45, 2.75) is 38.2 Å². The highest BCUT2D eigenvalue weighted by Crippen LogP contribution is 2.12. The van der Waals surface area contributed by atoms with Gasteiger partial charge in [0.15, 0.2) is 0 Å². The third kappa shape index (κ3) is 2.75. The molecule has 1 aromatic rings. The highest BCUT2D eigenvalue weighted by Gasteiger charge is 2.04. The molecule has 0 aliphatic heterocycles. The predicted octanol–water partition coefficient (Wildman–Crippen LogP) is 2.12. The van der Waals surface area contributed by atoms with Crippen molar-refractivity contribution < 1.29 is 5.11 Å². The highest BCUT2D eigenvalue weighted by atomic mass is 16.3. The fourth-order valence-corrected chi connectivity index (χ4v) is 1.79. The lowest BCUT2D eigenvalue weighted by molar-refractivity contribution is 0.217. The molecule has 15 heavy (non-hydrogen) atoms. The second-order valence-electron chi connectivity index (χ2n) is 3.88. The summed E-state index contributed by atoms with van der Waals surface area (Å²) in [5.41, 5.74) is 2.13. The van der Waals surface area contributed by atoms with Crippen LogP contribution in [0.1, 0.15) is 36.8 Å². The Hall–Kier alpha value is -1.44. The minimum atomic E-state index is -0.472. The van der Waals surface area contributed by atoms with Crippen molar-refractivity contribution in [1.29, 1.82) is 0 Å². The second-order valence-corrected chi connectivity index (χ2v) is 3.88. The van der Waals surface area contributed by atoms with Gasteiger partial charge in [-0.25, -0.2) is 0 Å². The van der Waals surface area contributed by atoms with Gasteiger partial charge in [-0.05, 0) is 37.8 Å². The van der Waals surface area contributed by atoms with E-state index in [-0.39, 0.29) is 0 Å². The van der Waals surface area contributed by atoms with Crippen LogP contribution in [-0.4, -0.2) is 11.2 Å². The van der Waals surface area contributed by atoms with E-state index in [0.717, 1.165) is 43.2 Å². The Morgan fingerprint density at radius 1 is 1.27 bits per heavy atom. The van der Waals surface area contributed by atoms with Crippen molar-refractivity contribution in [2.24, 2.45) is 0 Å². The van der Waals surface area contributed by atoms with Crippen molar-refractivity contribution in [2.75, 3.05) is 0 Å². The molecule has 0 aromatic heterocycles. The van der Waals surface area contributed by atoms with Crippen molar-refractivity contribution in [3.05, 3.63) is 35.4 Å². The summed E-state index contributed by atoms with van der Waals surface area (Å²) in [5.74, 6) is 5.91. The first-order valence-electron chi connectivity index (χ1n) is 5.47. The van der Waals surface area contributed by atoms with Gasteiger partial charge in [0.05, 0.1) is 0 Å². The van der Waals surface area contributed by atoms with Crippen LogP contribution in [0.25, 0.3) is 0 Å². The number of aliphatic hydroxyl groups excluding tert-OH is 1. The Labute approximate surface area is 91.1 Å². The van der Waals surface area contributed by atoms with E-state index in [4.69, 9.17) is 0 Å². The molecule has 2 rings (SSSR count). The van der Waals surface area contributed by atoms with Crippen LogP contribution in [0, 0.1) is 24.0 Å². The van der Waals surface area contributed by atoms with E-state index in [1.807, 2.05) is 12.1 Å². The third-order valence-electron chi connectivity index (χ3n) is 2.66. The Balaban J connectivity index is 2.29. The summed E-state index contributed by atoms with van der Waals surface area (Å²) >= 11 is 0. The number of hydrogen-bond donors (Lipinski definition) is 1. The topological polar surface area (TPSA) is 20.2 Å². The average molecular weight is 198 g/mol. The van der Waals surface area contributed by atoms with Crippen LogP contribution in [0.2, 0.25) is 0 Å². The Bertz CT molecular complexity index is 384. The zero-order valence-corrected chi connectivity index (χ0v) is 8.71. The van der Waals surface area contributed by atoms with Gasteiger partial charge in [0.1, 0.15) is 6.10 Å². The molecule has 0 radical (unpaired) electrons. The van der Waals surface area contributed by atoms with Gasteiger partial charge in [-0.15, -0.1) is 0 Å². The summed E-state index contributed by atoms with van der Waals surface area (Å²) in [6, 6.07) is 9.85. The smallest absolute Gasteiger partial charge is 0.115 e. The molecule has 1 aromatic carbocycles. The molecule has 76 valence electrons. The molecule has 0 amide bonds. The lowest BCUT2D eigenvalue weighted by Gasteiger charge is -2.06. The van der Waals surface area contributed by atoms with Gasteiger partial charge in [0, 0.05) is 11.1 Å². The number of rotatable bonds is 0. The van der Waals surface area contributed by atoms with Gasteiger partial charge >= 0.3 is 0 Å².